The van der Waals surface area contributed by atoms with Crippen LogP contribution in [0.1, 0.15) is 49.7 Å². The molecule has 1 aliphatic heterocycles. The van der Waals surface area contributed by atoms with Crippen molar-refractivity contribution in [1.29, 1.82) is 0 Å². The number of rotatable bonds is 8. The van der Waals surface area contributed by atoms with Crippen LogP contribution in [-0.2, 0) is 17.4 Å². The molecule has 1 aromatic heterocycles. The summed E-state index contributed by atoms with van der Waals surface area (Å²) >= 11 is 6.46. The number of carbonyl (C=O) groups excluding carboxylic acids is 1. The number of likely N-dealkylation sites (tertiary alicyclic amines) is 1. The standard InChI is InChI=1S/C25H28ClF3N2O3/c26-22-15-21(33-12-13-34-23-9-7-19(16-30-23)25(27,28)29)8-6-17(22)14-18-10-11-31(24(18)32)20-4-2-1-3-5-20/h6-9,15-16,18,20H,1-5,10-14H2. The second-order valence-electron chi connectivity index (χ2n) is 8.85. The molecule has 5 nitrogen and oxygen atoms in total. The highest BCUT2D eigenvalue weighted by Crippen LogP contribution is 2.33. The molecule has 0 spiro atoms. The van der Waals surface area contributed by atoms with E-state index in [4.69, 9.17) is 21.1 Å². The molecule has 2 aliphatic rings. The summed E-state index contributed by atoms with van der Waals surface area (Å²) < 4.78 is 48.7. The van der Waals surface area contributed by atoms with Gasteiger partial charge in [0.1, 0.15) is 19.0 Å². The number of amides is 1. The van der Waals surface area contributed by atoms with Crippen molar-refractivity contribution in [3.05, 3.63) is 52.7 Å². The van der Waals surface area contributed by atoms with E-state index in [2.05, 4.69) is 9.88 Å². The summed E-state index contributed by atoms with van der Waals surface area (Å²) in [7, 11) is 0. The molecule has 0 radical (unpaired) electrons. The first-order chi connectivity index (χ1) is 16.3. The molecule has 184 valence electrons. The number of nitrogens with zero attached hydrogens (tertiary/aromatic N) is 2. The van der Waals surface area contributed by atoms with Crippen molar-refractivity contribution in [2.45, 2.75) is 57.2 Å². The number of alkyl halides is 3. The molecule has 2 aromatic rings. The Kier molecular flexibility index (Phi) is 7.86. The van der Waals surface area contributed by atoms with Gasteiger partial charge in [-0.05, 0) is 49.4 Å². The molecule has 1 unspecified atom stereocenters. The molecule has 1 amide bonds. The van der Waals surface area contributed by atoms with E-state index in [9.17, 15) is 18.0 Å². The van der Waals surface area contributed by atoms with Crippen molar-refractivity contribution >= 4 is 17.5 Å². The minimum absolute atomic E-state index is 0.0316. The van der Waals surface area contributed by atoms with Gasteiger partial charge in [-0.1, -0.05) is 36.9 Å². The molecule has 1 aromatic carbocycles. The van der Waals surface area contributed by atoms with Gasteiger partial charge in [0.2, 0.25) is 11.8 Å². The van der Waals surface area contributed by atoms with Gasteiger partial charge in [0, 0.05) is 35.8 Å². The summed E-state index contributed by atoms with van der Waals surface area (Å²) in [5.41, 5.74) is 0.0925. The van der Waals surface area contributed by atoms with E-state index < -0.39 is 11.7 Å². The highest BCUT2D eigenvalue weighted by molar-refractivity contribution is 6.31. The maximum absolute atomic E-state index is 12.9. The second-order valence-corrected chi connectivity index (χ2v) is 9.25. The van der Waals surface area contributed by atoms with E-state index >= 15 is 0 Å². The van der Waals surface area contributed by atoms with Crippen LogP contribution in [0.25, 0.3) is 0 Å². The zero-order valence-corrected chi connectivity index (χ0v) is 19.6. The van der Waals surface area contributed by atoms with Crippen molar-refractivity contribution < 1.29 is 27.4 Å². The molecule has 2 fully saturated rings. The van der Waals surface area contributed by atoms with Gasteiger partial charge in [-0.15, -0.1) is 0 Å². The third-order valence-corrected chi connectivity index (χ3v) is 6.87. The third-order valence-electron chi connectivity index (χ3n) is 6.52. The molecule has 1 saturated carbocycles. The lowest BCUT2D eigenvalue weighted by atomic mass is 9.94. The van der Waals surface area contributed by atoms with Crippen molar-refractivity contribution in [3.63, 3.8) is 0 Å². The first-order valence-electron chi connectivity index (χ1n) is 11.7. The van der Waals surface area contributed by atoms with Crippen LogP contribution in [0, 0.1) is 5.92 Å². The molecule has 1 atom stereocenters. The first-order valence-corrected chi connectivity index (χ1v) is 12.1. The summed E-state index contributed by atoms with van der Waals surface area (Å²) in [6.07, 6.45) is 3.69. The van der Waals surface area contributed by atoms with Gasteiger partial charge in [-0.2, -0.15) is 13.2 Å². The molecule has 1 aliphatic carbocycles. The topological polar surface area (TPSA) is 51.7 Å². The maximum Gasteiger partial charge on any atom is 0.417 e. The van der Waals surface area contributed by atoms with Crippen LogP contribution in [0.4, 0.5) is 13.2 Å². The Morgan fingerprint density at radius 3 is 2.47 bits per heavy atom. The first kappa shape index (κ1) is 24.6. The summed E-state index contributed by atoms with van der Waals surface area (Å²) in [6.45, 7) is 1.13. The Labute approximate surface area is 202 Å². The number of halogens is 4. The zero-order valence-electron chi connectivity index (χ0n) is 18.8. The van der Waals surface area contributed by atoms with E-state index in [0.29, 0.717) is 23.2 Å². The summed E-state index contributed by atoms with van der Waals surface area (Å²) in [5, 5.41) is 0.548. The highest BCUT2D eigenvalue weighted by Gasteiger charge is 2.36. The molecule has 2 heterocycles. The average molecular weight is 497 g/mol. The van der Waals surface area contributed by atoms with Crippen LogP contribution in [0.3, 0.4) is 0 Å². The monoisotopic (exact) mass is 496 g/mol. The lowest BCUT2D eigenvalue weighted by Crippen LogP contribution is -2.39. The Hall–Kier alpha value is -2.48. The fourth-order valence-electron chi connectivity index (χ4n) is 4.70. The van der Waals surface area contributed by atoms with Crippen molar-refractivity contribution in [3.8, 4) is 11.6 Å². The predicted octanol–water partition coefficient (Wildman–Crippen LogP) is 5.94. The number of pyridine rings is 1. The van der Waals surface area contributed by atoms with Gasteiger partial charge in [-0.3, -0.25) is 4.79 Å². The largest absolute Gasteiger partial charge is 0.490 e. The molecule has 4 rings (SSSR count). The van der Waals surface area contributed by atoms with E-state index in [1.165, 1.54) is 25.3 Å². The zero-order chi connectivity index (χ0) is 24.1. The highest BCUT2D eigenvalue weighted by atomic mass is 35.5. The minimum Gasteiger partial charge on any atom is -0.490 e. The second kappa shape index (κ2) is 10.8. The van der Waals surface area contributed by atoms with Gasteiger partial charge in [0.25, 0.3) is 0 Å². The smallest absolute Gasteiger partial charge is 0.417 e. The van der Waals surface area contributed by atoms with E-state index in [1.807, 2.05) is 6.07 Å². The van der Waals surface area contributed by atoms with Crippen LogP contribution < -0.4 is 9.47 Å². The maximum atomic E-state index is 12.9. The minimum atomic E-state index is -4.43. The Morgan fingerprint density at radius 1 is 1.03 bits per heavy atom. The van der Waals surface area contributed by atoms with Crippen LogP contribution in [0.2, 0.25) is 5.02 Å². The van der Waals surface area contributed by atoms with Gasteiger partial charge >= 0.3 is 6.18 Å². The van der Waals surface area contributed by atoms with E-state index in [1.54, 1.807) is 12.1 Å². The molecule has 0 N–H and O–H groups in total. The normalized spacial score (nSPS) is 19.5. The summed E-state index contributed by atoms with van der Waals surface area (Å²) in [5.74, 6) is 0.862. The number of ether oxygens (including phenoxy) is 2. The van der Waals surface area contributed by atoms with Crippen LogP contribution in [0.15, 0.2) is 36.5 Å². The Bertz CT molecular complexity index is 978. The van der Waals surface area contributed by atoms with Gasteiger partial charge in [0.05, 0.1) is 5.56 Å². The quantitative estimate of drug-likeness (QED) is 0.425. The van der Waals surface area contributed by atoms with Crippen LogP contribution in [0.5, 0.6) is 11.6 Å². The molecule has 1 saturated heterocycles. The van der Waals surface area contributed by atoms with Crippen molar-refractivity contribution in [1.82, 2.24) is 9.88 Å². The summed E-state index contributed by atoms with van der Waals surface area (Å²) in [4.78, 5) is 18.7. The Morgan fingerprint density at radius 2 is 1.79 bits per heavy atom. The van der Waals surface area contributed by atoms with Gasteiger partial charge < -0.3 is 14.4 Å². The molecule has 9 heteroatoms. The third kappa shape index (κ3) is 6.14. The van der Waals surface area contributed by atoms with Gasteiger partial charge in [-0.25, -0.2) is 4.98 Å². The molecule has 0 bridgehead atoms. The van der Waals surface area contributed by atoms with Crippen molar-refractivity contribution in [2.24, 2.45) is 5.92 Å². The number of hydrogen-bond acceptors (Lipinski definition) is 4. The number of carbonyl (C=O) groups is 1. The molecular weight excluding hydrogens is 469 g/mol. The number of aromatic nitrogens is 1. The lowest BCUT2D eigenvalue weighted by Gasteiger charge is -2.31. The van der Waals surface area contributed by atoms with Crippen molar-refractivity contribution in [2.75, 3.05) is 19.8 Å². The van der Waals surface area contributed by atoms with Crippen LogP contribution >= 0.6 is 11.6 Å². The number of benzene rings is 1. The fourth-order valence-corrected chi connectivity index (χ4v) is 4.94. The predicted molar refractivity (Wildman–Crippen MR) is 122 cm³/mol. The molecular formula is C25H28ClF3N2O3. The lowest BCUT2D eigenvalue weighted by molar-refractivity contribution is -0.138. The van der Waals surface area contributed by atoms with E-state index in [-0.39, 0.29) is 30.9 Å². The molecule has 34 heavy (non-hydrogen) atoms. The van der Waals surface area contributed by atoms with Crippen LogP contribution in [-0.4, -0.2) is 41.6 Å². The summed E-state index contributed by atoms with van der Waals surface area (Å²) in [6, 6.07) is 7.89. The van der Waals surface area contributed by atoms with E-state index in [0.717, 1.165) is 43.6 Å². The fraction of sp³-hybridized carbons (Fsp3) is 0.520. The Balaban J connectivity index is 1.23. The SMILES string of the molecule is O=C1C(Cc2ccc(OCCOc3ccc(C(F)(F)F)cn3)cc2Cl)CCN1C1CCCCC1. The average Bonchev–Trinajstić information content (AvgIpc) is 3.18. The number of hydrogen-bond donors (Lipinski definition) is 0. The van der Waals surface area contributed by atoms with Gasteiger partial charge in [0.15, 0.2) is 0 Å².